The van der Waals surface area contributed by atoms with Crippen LogP contribution < -0.4 is 10.9 Å². The van der Waals surface area contributed by atoms with E-state index in [2.05, 4.69) is 15.3 Å². The van der Waals surface area contributed by atoms with Crippen LogP contribution in [0.5, 0.6) is 0 Å². The first-order valence-electron chi connectivity index (χ1n) is 8.36. The van der Waals surface area contributed by atoms with Crippen LogP contribution in [0.2, 0.25) is 0 Å². The third kappa shape index (κ3) is 6.07. The smallest absolute Gasteiger partial charge is 0.251 e. The summed E-state index contributed by atoms with van der Waals surface area (Å²) in [7, 11) is 0. The summed E-state index contributed by atoms with van der Waals surface area (Å²) < 4.78 is 12.9. The van der Waals surface area contributed by atoms with Gasteiger partial charge in [0.25, 0.3) is 5.56 Å². The van der Waals surface area contributed by atoms with E-state index < -0.39 is 0 Å². The zero-order valence-electron chi connectivity index (χ0n) is 14.4. The minimum atomic E-state index is -0.308. The van der Waals surface area contributed by atoms with E-state index >= 15 is 0 Å². The number of hydrogen-bond acceptors (Lipinski definition) is 4. The number of aromatic nitrogens is 2. The molecular formula is C20H18FN3O2S. The molecule has 0 radical (unpaired) electrons. The fourth-order valence-corrected chi connectivity index (χ4v) is 3.25. The fraction of sp³-hybridized carbons (Fsp3) is 0.150. The van der Waals surface area contributed by atoms with Gasteiger partial charge in [-0.2, -0.15) is 0 Å². The highest BCUT2D eigenvalue weighted by Gasteiger charge is 2.08. The highest BCUT2D eigenvalue weighted by atomic mass is 32.2. The Balaban J connectivity index is 1.58. The largest absolute Gasteiger partial charge is 0.352 e. The SMILES string of the molecule is O=C(Cc1cc(=O)[nH]c(SCc2ccc(F)cc2)n1)NCc1ccccc1. The second-order valence-corrected chi connectivity index (χ2v) is 6.86. The number of thioether (sulfide) groups is 1. The van der Waals surface area contributed by atoms with Crippen molar-refractivity contribution in [2.75, 3.05) is 0 Å². The molecule has 1 aromatic heterocycles. The van der Waals surface area contributed by atoms with E-state index in [1.807, 2.05) is 30.3 Å². The van der Waals surface area contributed by atoms with Gasteiger partial charge in [0.2, 0.25) is 5.91 Å². The molecule has 0 saturated carbocycles. The molecule has 27 heavy (non-hydrogen) atoms. The molecule has 2 N–H and O–H groups in total. The number of halogens is 1. The Morgan fingerprint density at radius 3 is 2.56 bits per heavy atom. The lowest BCUT2D eigenvalue weighted by Crippen LogP contribution is -2.25. The lowest BCUT2D eigenvalue weighted by atomic mass is 10.2. The van der Waals surface area contributed by atoms with Crippen molar-refractivity contribution in [3.8, 4) is 0 Å². The predicted molar refractivity (Wildman–Crippen MR) is 103 cm³/mol. The summed E-state index contributed by atoms with van der Waals surface area (Å²) >= 11 is 1.32. The second-order valence-electron chi connectivity index (χ2n) is 5.90. The van der Waals surface area contributed by atoms with E-state index in [1.165, 1.54) is 30.0 Å². The van der Waals surface area contributed by atoms with E-state index in [1.54, 1.807) is 12.1 Å². The summed E-state index contributed by atoms with van der Waals surface area (Å²) in [5.41, 5.74) is 2.01. The fourth-order valence-electron chi connectivity index (χ4n) is 2.40. The van der Waals surface area contributed by atoms with Crippen molar-refractivity contribution in [3.63, 3.8) is 0 Å². The second kappa shape index (κ2) is 9.14. The maximum atomic E-state index is 12.9. The standard InChI is InChI=1S/C20H18FN3O2S/c21-16-8-6-15(7-9-16)13-27-20-23-17(11-19(26)24-20)10-18(25)22-12-14-4-2-1-3-5-14/h1-9,11H,10,12-13H2,(H,22,25)(H,23,24,26). The normalized spacial score (nSPS) is 10.6. The third-order valence-electron chi connectivity index (χ3n) is 3.74. The minimum Gasteiger partial charge on any atom is -0.352 e. The monoisotopic (exact) mass is 383 g/mol. The van der Waals surface area contributed by atoms with E-state index in [0.29, 0.717) is 23.1 Å². The Morgan fingerprint density at radius 2 is 1.81 bits per heavy atom. The molecule has 0 aliphatic carbocycles. The Labute approximate surface area is 160 Å². The van der Waals surface area contributed by atoms with Gasteiger partial charge < -0.3 is 10.3 Å². The first-order chi connectivity index (χ1) is 13.1. The number of carbonyl (C=O) groups excluding carboxylic acids is 1. The highest BCUT2D eigenvalue weighted by molar-refractivity contribution is 7.98. The number of nitrogens with zero attached hydrogens (tertiary/aromatic N) is 1. The first-order valence-corrected chi connectivity index (χ1v) is 9.35. The van der Waals surface area contributed by atoms with Crippen LogP contribution in [0.1, 0.15) is 16.8 Å². The van der Waals surface area contributed by atoms with Crippen molar-refractivity contribution in [2.24, 2.45) is 0 Å². The number of rotatable bonds is 7. The molecule has 3 aromatic rings. The molecule has 2 aromatic carbocycles. The molecule has 1 heterocycles. The van der Waals surface area contributed by atoms with Crippen LogP contribution in [0.4, 0.5) is 4.39 Å². The summed E-state index contributed by atoms with van der Waals surface area (Å²) in [5, 5.41) is 3.24. The Kier molecular flexibility index (Phi) is 6.38. The molecule has 5 nitrogen and oxygen atoms in total. The Morgan fingerprint density at radius 1 is 1.07 bits per heavy atom. The van der Waals surface area contributed by atoms with Crippen LogP contribution in [0.25, 0.3) is 0 Å². The zero-order valence-corrected chi connectivity index (χ0v) is 15.3. The van der Waals surface area contributed by atoms with Crippen molar-refractivity contribution in [1.29, 1.82) is 0 Å². The number of benzene rings is 2. The van der Waals surface area contributed by atoms with Crippen LogP contribution in [-0.2, 0) is 23.5 Å². The molecule has 0 aliphatic rings. The van der Waals surface area contributed by atoms with Gasteiger partial charge in [0.1, 0.15) is 5.82 Å². The van der Waals surface area contributed by atoms with Crippen LogP contribution in [0.3, 0.4) is 0 Å². The maximum Gasteiger partial charge on any atom is 0.251 e. The van der Waals surface area contributed by atoms with Gasteiger partial charge in [0.05, 0.1) is 12.1 Å². The molecule has 138 valence electrons. The van der Waals surface area contributed by atoms with Crippen LogP contribution in [-0.4, -0.2) is 15.9 Å². The highest BCUT2D eigenvalue weighted by Crippen LogP contribution is 2.18. The number of nitrogens with one attached hydrogen (secondary N) is 2. The number of carbonyl (C=O) groups is 1. The lowest BCUT2D eigenvalue weighted by molar-refractivity contribution is -0.120. The quantitative estimate of drug-likeness (QED) is 0.486. The zero-order chi connectivity index (χ0) is 19.1. The van der Waals surface area contributed by atoms with E-state index in [-0.39, 0.29) is 23.7 Å². The minimum absolute atomic E-state index is 0.0286. The molecule has 0 unspecified atom stereocenters. The molecule has 0 spiro atoms. The van der Waals surface area contributed by atoms with Gasteiger partial charge in [-0.25, -0.2) is 9.37 Å². The summed E-state index contributed by atoms with van der Waals surface area (Å²) in [6.07, 6.45) is 0.0286. The average Bonchev–Trinajstić information content (AvgIpc) is 2.66. The van der Waals surface area contributed by atoms with E-state index in [9.17, 15) is 14.0 Å². The number of hydrogen-bond donors (Lipinski definition) is 2. The van der Waals surface area contributed by atoms with Crippen LogP contribution in [0.15, 0.2) is 70.6 Å². The lowest BCUT2D eigenvalue weighted by Gasteiger charge is -2.06. The van der Waals surface area contributed by atoms with Gasteiger partial charge in [-0.15, -0.1) is 0 Å². The van der Waals surface area contributed by atoms with Crippen molar-refractivity contribution in [2.45, 2.75) is 23.9 Å². The molecule has 0 saturated heterocycles. The third-order valence-corrected chi connectivity index (χ3v) is 4.68. The molecule has 0 aliphatic heterocycles. The molecule has 3 rings (SSSR count). The van der Waals surface area contributed by atoms with Gasteiger partial charge >= 0.3 is 0 Å². The maximum absolute atomic E-state index is 12.9. The molecule has 0 bridgehead atoms. The van der Waals surface area contributed by atoms with Gasteiger partial charge in [0, 0.05) is 18.4 Å². The van der Waals surface area contributed by atoms with Gasteiger partial charge in [-0.3, -0.25) is 9.59 Å². The topological polar surface area (TPSA) is 74.8 Å². The molecular weight excluding hydrogens is 365 g/mol. The molecule has 1 amide bonds. The Hall–Kier alpha value is -2.93. The van der Waals surface area contributed by atoms with E-state index in [0.717, 1.165) is 11.1 Å². The Bertz CT molecular complexity index is 959. The molecule has 0 atom stereocenters. The number of aromatic amines is 1. The summed E-state index contributed by atoms with van der Waals surface area (Å²) in [5.74, 6) is 0.0394. The van der Waals surface area contributed by atoms with Crippen molar-refractivity contribution < 1.29 is 9.18 Å². The predicted octanol–water partition coefficient (Wildman–Crippen LogP) is 3.06. The van der Waals surface area contributed by atoms with Gasteiger partial charge in [-0.1, -0.05) is 54.2 Å². The summed E-state index contributed by atoms with van der Waals surface area (Å²) in [6.45, 7) is 0.426. The summed E-state index contributed by atoms with van der Waals surface area (Å²) in [6, 6.07) is 17.0. The van der Waals surface area contributed by atoms with Gasteiger partial charge in [0.15, 0.2) is 5.16 Å². The van der Waals surface area contributed by atoms with Crippen LogP contribution in [0, 0.1) is 5.82 Å². The average molecular weight is 383 g/mol. The van der Waals surface area contributed by atoms with Crippen molar-refractivity contribution >= 4 is 17.7 Å². The van der Waals surface area contributed by atoms with E-state index in [4.69, 9.17) is 0 Å². The van der Waals surface area contributed by atoms with Crippen molar-refractivity contribution in [3.05, 3.63) is 93.7 Å². The van der Waals surface area contributed by atoms with Crippen molar-refractivity contribution in [1.82, 2.24) is 15.3 Å². The molecule has 0 fully saturated rings. The van der Waals surface area contributed by atoms with Crippen LogP contribution >= 0.6 is 11.8 Å². The number of amides is 1. The van der Waals surface area contributed by atoms with Gasteiger partial charge in [-0.05, 0) is 23.3 Å². The number of H-pyrrole nitrogens is 1. The molecule has 7 heteroatoms. The first kappa shape index (κ1) is 18.8. The summed E-state index contributed by atoms with van der Waals surface area (Å²) in [4.78, 5) is 30.9.